The van der Waals surface area contributed by atoms with Crippen LogP contribution >= 0.6 is 0 Å². The summed E-state index contributed by atoms with van der Waals surface area (Å²) in [5, 5.41) is -0.0755. The van der Waals surface area contributed by atoms with Crippen molar-refractivity contribution in [2.45, 2.75) is 103 Å². The van der Waals surface area contributed by atoms with Crippen molar-refractivity contribution < 1.29 is 18.4 Å². The molecule has 2 saturated heterocycles. The van der Waals surface area contributed by atoms with Crippen LogP contribution in [-0.4, -0.2) is 38.8 Å². The average molecular weight is 343 g/mol. The number of hydrogen-bond donors (Lipinski definition) is 0. The normalized spacial score (nSPS) is 33.7. The fraction of sp³-hybridized carbons (Fsp3) is 0.944. The highest BCUT2D eigenvalue weighted by Crippen LogP contribution is 2.58. The Kier molecular flexibility index (Phi) is 4.93. The summed E-state index contributed by atoms with van der Waals surface area (Å²) in [6.45, 7) is 17.9. The Morgan fingerprint density at radius 3 is 2.17 bits per heavy atom. The molecule has 4 nitrogen and oxygen atoms in total. The van der Waals surface area contributed by atoms with E-state index in [1.165, 1.54) is 0 Å². The van der Waals surface area contributed by atoms with Gasteiger partial charge in [0.25, 0.3) is 0 Å². The van der Waals surface area contributed by atoms with Crippen molar-refractivity contribution in [1.82, 2.24) is 0 Å². The summed E-state index contributed by atoms with van der Waals surface area (Å²) < 4.78 is 19.3. The van der Waals surface area contributed by atoms with Gasteiger partial charge in [0.15, 0.2) is 0 Å². The van der Waals surface area contributed by atoms with E-state index in [0.717, 1.165) is 6.42 Å². The van der Waals surface area contributed by atoms with Gasteiger partial charge in [-0.25, -0.2) is 0 Å². The smallest absolute Gasteiger partial charge is 0.350 e. The van der Waals surface area contributed by atoms with Crippen molar-refractivity contribution in [3.05, 3.63) is 0 Å². The van der Waals surface area contributed by atoms with E-state index in [1.54, 1.807) is 0 Å². The molecule has 0 aromatic rings. The Morgan fingerprint density at radius 2 is 1.70 bits per heavy atom. The summed E-state index contributed by atoms with van der Waals surface area (Å²) in [6, 6.07) is 0. The first kappa shape index (κ1) is 19.1. The molecule has 134 valence electrons. The molecule has 0 bridgehead atoms. The molecule has 2 aliphatic heterocycles. The number of carbonyl (C=O) groups excluding carboxylic acids is 1. The van der Waals surface area contributed by atoms with Crippen LogP contribution in [0.3, 0.4) is 0 Å². The lowest BCUT2D eigenvalue weighted by atomic mass is 9.91. The third kappa shape index (κ3) is 3.17. The first-order valence-electron chi connectivity index (χ1n) is 8.87. The number of hydrogen-bond acceptors (Lipinski definition) is 4. The topological polar surface area (TPSA) is 44.8 Å². The third-order valence-electron chi connectivity index (χ3n) is 5.18. The van der Waals surface area contributed by atoms with Gasteiger partial charge in [0.05, 0.1) is 18.3 Å². The molecule has 0 radical (unpaired) electrons. The number of rotatable bonds is 4. The molecular weight excluding hydrogens is 308 g/mol. The number of carbonyl (C=O) groups is 1. The molecule has 0 spiro atoms. The second-order valence-corrected chi connectivity index (χ2v) is 14.1. The van der Waals surface area contributed by atoms with E-state index in [4.69, 9.17) is 13.6 Å². The van der Waals surface area contributed by atoms with Crippen LogP contribution in [0.2, 0.25) is 10.1 Å². The van der Waals surface area contributed by atoms with Crippen molar-refractivity contribution in [1.29, 1.82) is 0 Å². The molecule has 2 heterocycles. The zero-order chi connectivity index (χ0) is 17.7. The predicted octanol–water partition coefficient (Wildman–Crippen LogP) is 4.36. The van der Waals surface area contributed by atoms with E-state index in [-0.39, 0.29) is 28.1 Å². The molecule has 3 atom stereocenters. The lowest BCUT2D eigenvalue weighted by molar-refractivity contribution is -0.127. The van der Waals surface area contributed by atoms with Crippen molar-refractivity contribution in [3.8, 4) is 0 Å². The SMILES string of the molecule is CCCC(=O)C[C@]1(C)OC[C@H]2O[Si](C(C)(C)C)(C(C)(C)C)O[C@H]21. The molecular formula is C18H34O4Si. The minimum absolute atomic E-state index is 0.0378. The standard InChI is InChI=1S/C18H34O4Si/c1-9-10-13(19)11-18(8)15-14(12-20-18)21-23(22-15,16(2,3)4)17(5,6)7/h14-15H,9-12H2,1-8H3/t14-,15-,18+/m1/s1. The zero-order valence-electron chi connectivity index (χ0n) is 16.1. The van der Waals surface area contributed by atoms with Gasteiger partial charge in [-0.3, -0.25) is 4.79 Å². The summed E-state index contributed by atoms with van der Waals surface area (Å²) in [5.41, 5.74) is -0.553. The van der Waals surface area contributed by atoms with Crippen LogP contribution in [-0.2, 0) is 18.4 Å². The summed E-state index contributed by atoms with van der Waals surface area (Å²) in [7, 11) is -2.48. The van der Waals surface area contributed by atoms with Gasteiger partial charge < -0.3 is 13.6 Å². The molecule has 5 heteroatoms. The van der Waals surface area contributed by atoms with E-state index in [9.17, 15) is 4.79 Å². The lowest BCUT2D eigenvalue weighted by Gasteiger charge is -2.46. The molecule has 0 unspecified atom stereocenters. The number of Topliss-reactive ketones (excluding diaryl/α,β-unsaturated/α-hetero) is 1. The Hall–Kier alpha value is -0.233. The van der Waals surface area contributed by atoms with E-state index in [0.29, 0.717) is 19.4 Å². The van der Waals surface area contributed by atoms with Gasteiger partial charge in [-0.2, -0.15) is 0 Å². The van der Waals surface area contributed by atoms with Gasteiger partial charge in [0.1, 0.15) is 11.9 Å². The van der Waals surface area contributed by atoms with Crippen LogP contribution in [0.5, 0.6) is 0 Å². The third-order valence-corrected chi connectivity index (χ3v) is 10.3. The van der Waals surface area contributed by atoms with Crippen LogP contribution in [0.1, 0.15) is 74.7 Å². The molecule has 0 aliphatic carbocycles. The average Bonchev–Trinajstić information content (AvgIpc) is 2.87. The summed E-state index contributed by atoms with van der Waals surface area (Å²) in [4.78, 5) is 12.2. The molecule has 23 heavy (non-hydrogen) atoms. The highest BCUT2D eigenvalue weighted by molar-refractivity contribution is 6.74. The zero-order valence-corrected chi connectivity index (χ0v) is 17.1. The van der Waals surface area contributed by atoms with Crippen molar-refractivity contribution in [2.24, 2.45) is 0 Å². The van der Waals surface area contributed by atoms with Crippen LogP contribution in [0.15, 0.2) is 0 Å². The van der Waals surface area contributed by atoms with Gasteiger partial charge in [-0.05, 0) is 13.3 Å². The predicted molar refractivity (Wildman–Crippen MR) is 93.8 cm³/mol. The quantitative estimate of drug-likeness (QED) is 0.712. The number of ketones is 1. The first-order valence-corrected chi connectivity index (χ1v) is 10.7. The molecule has 0 amide bonds. The van der Waals surface area contributed by atoms with Crippen LogP contribution < -0.4 is 0 Å². The van der Waals surface area contributed by atoms with E-state index >= 15 is 0 Å². The van der Waals surface area contributed by atoms with E-state index in [2.05, 4.69) is 41.5 Å². The number of fused-ring (bicyclic) bond motifs is 1. The Morgan fingerprint density at radius 1 is 1.13 bits per heavy atom. The number of ether oxygens (including phenoxy) is 1. The van der Waals surface area contributed by atoms with Crippen LogP contribution in [0.25, 0.3) is 0 Å². The highest BCUT2D eigenvalue weighted by atomic mass is 28.4. The lowest BCUT2D eigenvalue weighted by Crippen LogP contribution is -2.56. The second-order valence-electron chi connectivity index (χ2n) is 9.40. The van der Waals surface area contributed by atoms with E-state index < -0.39 is 14.2 Å². The maximum atomic E-state index is 12.2. The Balaban J connectivity index is 2.27. The molecule has 0 aromatic heterocycles. The van der Waals surface area contributed by atoms with Gasteiger partial charge in [-0.1, -0.05) is 48.5 Å². The van der Waals surface area contributed by atoms with Crippen LogP contribution in [0.4, 0.5) is 0 Å². The van der Waals surface area contributed by atoms with E-state index in [1.807, 2.05) is 13.8 Å². The molecule has 2 aliphatic rings. The monoisotopic (exact) mass is 342 g/mol. The van der Waals surface area contributed by atoms with Gasteiger partial charge in [0, 0.05) is 22.9 Å². The van der Waals surface area contributed by atoms with Crippen molar-refractivity contribution >= 4 is 14.3 Å². The maximum absolute atomic E-state index is 12.2. The van der Waals surface area contributed by atoms with Gasteiger partial charge >= 0.3 is 8.56 Å². The van der Waals surface area contributed by atoms with Crippen molar-refractivity contribution in [3.63, 3.8) is 0 Å². The molecule has 2 fully saturated rings. The molecule has 2 rings (SSSR count). The summed E-state index contributed by atoms with van der Waals surface area (Å²) >= 11 is 0. The molecule has 0 aromatic carbocycles. The minimum Gasteiger partial charge on any atom is -0.385 e. The Bertz CT molecular complexity index is 449. The van der Waals surface area contributed by atoms with Crippen LogP contribution in [0, 0.1) is 0 Å². The second kappa shape index (κ2) is 5.94. The maximum Gasteiger partial charge on any atom is 0.350 e. The Labute approximate surface area is 142 Å². The molecule has 0 N–H and O–H groups in total. The van der Waals surface area contributed by atoms with Gasteiger partial charge in [0.2, 0.25) is 0 Å². The van der Waals surface area contributed by atoms with Gasteiger partial charge in [-0.15, -0.1) is 0 Å². The highest BCUT2D eigenvalue weighted by Gasteiger charge is 2.69. The molecule has 0 saturated carbocycles. The van der Waals surface area contributed by atoms with Crippen molar-refractivity contribution in [2.75, 3.05) is 6.61 Å². The fourth-order valence-corrected chi connectivity index (χ4v) is 9.39. The first-order chi connectivity index (χ1) is 10.4. The minimum atomic E-state index is -2.48. The summed E-state index contributed by atoms with van der Waals surface area (Å²) in [6.07, 6.45) is 1.74. The summed E-state index contributed by atoms with van der Waals surface area (Å²) in [5.74, 6) is 0.255. The fourth-order valence-electron chi connectivity index (χ4n) is 4.29. The largest absolute Gasteiger partial charge is 0.385 e.